The zero-order valence-electron chi connectivity index (χ0n) is 10.3. The fourth-order valence-electron chi connectivity index (χ4n) is 1.95. The summed E-state index contributed by atoms with van der Waals surface area (Å²) in [5, 5.41) is 15.1. The summed E-state index contributed by atoms with van der Waals surface area (Å²) in [7, 11) is 0. The number of aromatic nitrogens is 1. The molecule has 0 saturated carbocycles. The van der Waals surface area contributed by atoms with Gasteiger partial charge in [0.25, 0.3) is 0 Å². The van der Waals surface area contributed by atoms with Gasteiger partial charge in [0, 0.05) is 5.69 Å². The van der Waals surface area contributed by atoms with E-state index >= 15 is 0 Å². The molecule has 1 aromatic heterocycles. The second kappa shape index (κ2) is 4.71. The summed E-state index contributed by atoms with van der Waals surface area (Å²) in [5.74, 6) is 0. The number of rotatable bonds is 2. The summed E-state index contributed by atoms with van der Waals surface area (Å²) in [6.07, 6.45) is 1.58. The highest BCUT2D eigenvalue weighted by atomic mass is 32.1. The molecule has 0 atom stereocenters. The molecule has 0 fully saturated rings. The molecule has 0 aliphatic heterocycles. The molecule has 3 nitrogen and oxygen atoms in total. The van der Waals surface area contributed by atoms with E-state index in [1.807, 2.05) is 6.07 Å². The van der Waals surface area contributed by atoms with E-state index in [4.69, 9.17) is 5.26 Å². The quantitative estimate of drug-likeness (QED) is 0.754. The minimum atomic E-state index is 0.610. The number of anilines is 2. The highest BCUT2D eigenvalue weighted by Crippen LogP contribution is 2.25. The zero-order valence-corrected chi connectivity index (χ0v) is 11.2. The van der Waals surface area contributed by atoms with Gasteiger partial charge in [0.1, 0.15) is 10.9 Å². The minimum absolute atomic E-state index is 0.610. The van der Waals surface area contributed by atoms with Crippen molar-refractivity contribution >= 4 is 32.9 Å². The summed E-state index contributed by atoms with van der Waals surface area (Å²) in [5.41, 5.74) is 2.24. The summed E-state index contributed by atoms with van der Waals surface area (Å²) in [4.78, 5) is 4.77. The van der Waals surface area contributed by atoms with Crippen LogP contribution in [0, 0.1) is 18.3 Å². The first-order chi connectivity index (χ1) is 9.24. The Balaban J connectivity index is 1.93. The number of nitriles is 1. The molecule has 1 N–H and O–H groups in total. The Morgan fingerprint density at radius 2 is 1.95 bits per heavy atom. The van der Waals surface area contributed by atoms with E-state index in [2.05, 4.69) is 53.6 Å². The van der Waals surface area contributed by atoms with E-state index in [9.17, 15) is 0 Å². The topological polar surface area (TPSA) is 48.7 Å². The highest BCUT2D eigenvalue weighted by molar-refractivity contribution is 7.16. The van der Waals surface area contributed by atoms with Crippen molar-refractivity contribution < 1.29 is 0 Å². The first-order valence-corrected chi connectivity index (χ1v) is 6.69. The third-order valence-corrected chi connectivity index (χ3v) is 3.68. The molecule has 0 aliphatic carbocycles. The Hall–Kier alpha value is -2.38. The van der Waals surface area contributed by atoms with E-state index in [-0.39, 0.29) is 0 Å². The van der Waals surface area contributed by atoms with E-state index in [0.29, 0.717) is 4.88 Å². The van der Waals surface area contributed by atoms with Gasteiger partial charge in [-0.15, -0.1) is 0 Å². The maximum Gasteiger partial charge on any atom is 0.188 e. The Labute approximate surface area is 115 Å². The Bertz CT molecular complexity index is 783. The Morgan fingerprint density at radius 1 is 1.16 bits per heavy atom. The molecule has 0 saturated heterocycles. The molecule has 0 aliphatic rings. The monoisotopic (exact) mass is 265 g/mol. The number of hydrogen-bond acceptors (Lipinski definition) is 4. The number of thiazole rings is 1. The van der Waals surface area contributed by atoms with Crippen LogP contribution in [0.5, 0.6) is 0 Å². The fraction of sp³-hybridized carbons (Fsp3) is 0.0667. The van der Waals surface area contributed by atoms with E-state index in [0.717, 1.165) is 10.8 Å². The Kier molecular flexibility index (Phi) is 2.90. The van der Waals surface area contributed by atoms with Crippen LogP contribution in [0.3, 0.4) is 0 Å². The smallest absolute Gasteiger partial charge is 0.188 e. The summed E-state index contributed by atoms with van der Waals surface area (Å²) < 4.78 is 0. The molecule has 0 unspecified atom stereocenters. The van der Waals surface area contributed by atoms with Gasteiger partial charge in [0.05, 0.1) is 6.20 Å². The van der Waals surface area contributed by atoms with Gasteiger partial charge in [0.2, 0.25) is 0 Å². The number of nitrogens with one attached hydrogen (secondary N) is 1. The molecule has 0 radical (unpaired) electrons. The van der Waals surface area contributed by atoms with Gasteiger partial charge >= 0.3 is 0 Å². The normalized spacial score (nSPS) is 10.3. The number of hydrogen-bond donors (Lipinski definition) is 1. The molecule has 2 aromatic carbocycles. The zero-order chi connectivity index (χ0) is 13.2. The van der Waals surface area contributed by atoms with Crippen LogP contribution >= 0.6 is 11.3 Å². The minimum Gasteiger partial charge on any atom is -0.332 e. The molecule has 3 aromatic rings. The van der Waals surface area contributed by atoms with Crippen LogP contribution in [0.4, 0.5) is 10.8 Å². The second-order valence-electron chi connectivity index (χ2n) is 4.33. The van der Waals surface area contributed by atoms with Crippen LogP contribution in [0.1, 0.15) is 10.4 Å². The fourth-order valence-corrected chi connectivity index (χ4v) is 2.58. The highest BCUT2D eigenvalue weighted by Gasteiger charge is 2.02. The summed E-state index contributed by atoms with van der Waals surface area (Å²) >= 11 is 1.35. The predicted octanol–water partition coefficient (Wildman–Crippen LogP) is 4.22. The standard InChI is InChI=1S/C15H11N3S/c1-10-2-3-12-7-13(5-4-11(12)6-10)18-15-17-9-14(8-16)19-15/h2-7,9H,1H3,(H,17,18). The van der Waals surface area contributed by atoms with Crippen molar-refractivity contribution in [2.75, 3.05) is 5.32 Å². The molecule has 92 valence electrons. The van der Waals surface area contributed by atoms with Crippen molar-refractivity contribution in [2.24, 2.45) is 0 Å². The molecular formula is C15H11N3S. The Morgan fingerprint density at radius 3 is 2.74 bits per heavy atom. The molecule has 0 bridgehead atoms. The van der Waals surface area contributed by atoms with Gasteiger partial charge in [-0.3, -0.25) is 0 Å². The van der Waals surface area contributed by atoms with Crippen LogP contribution in [0.25, 0.3) is 10.8 Å². The summed E-state index contributed by atoms with van der Waals surface area (Å²) in [6.45, 7) is 2.09. The van der Waals surface area contributed by atoms with E-state index in [1.54, 1.807) is 6.20 Å². The van der Waals surface area contributed by atoms with Gasteiger partial charge < -0.3 is 5.32 Å². The largest absolute Gasteiger partial charge is 0.332 e. The predicted molar refractivity (Wildman–Crippen MR) is 78.8 cm³/mol. The molecule has 19 heavy (non-hydrogen) atoms. The molecule has 4 heteroatoms. The van der Waals surface area contributed by atoms with Gasteiger partial charge in [-0.05, 0) is 29.8 Å². The van der Waals surface area contributed by atoms with Crippen LogP contribution in [0.15, 0.2) is 42.6 Å². The van der Waals surface area contributed by atoms with Crippen LogP contribution in [-0.4, -0.2) is 4.98 Å². The summed E-state index contributed by atoms with van der Waals surface area (Å²) in [6, 6.07) is 14.7. The van der Waals surface area contributed by atoms with Gasteiger partial charge in [0.15, 0.2) is 5.13 Å². The third-order valence-electron chi connectivity index (χ3n) is 2.86. The van der Waals surface area contributed by atoms with Crippen molar-refractivity contribution in [1.82, 2.24) is 4.98 Å². The third kappa shape index (κ3) is 2.42. The first kappa shape index (κ1) is 11.7. The van der Waals surface area contributed by atoms with E-state index < -0.39 is 0 Å². The molecule has 3 rings (SSSR count). The van der Waals surface area contributed by atoms with Crippen molar-refractivity contribution in [1.29, 1.82) is 5.26 Å². The van der Waals surface area contributed by atoms with Crippen molar-refractivity contribution in [2.45, 2.75) is 6.92 Å². The number of benzene rings is 2. The maximum absolute atomic E-state index is 8.78. The molecule has 0 spiro atoms. The van der Waals surface area contributed by atoms with Gasteiger partial charge in [-0.2, -0.15) is 5.26 Å². The van der Waals surface area contributed by atoms with Crippen molar-refractivity contribution in [3.05, 3.63) is 53.0 Å². The molecular weight excluding hydrogens is 254 g/mol. The number of fused-ring (bicyclic) bond motifs is 1. The second-order valence-corrected chi connectivity index (χ2v) is 5.36. The lowest BCUT2D eigenvalue weighted by Crippen LogP contribution is -1.88. The van der Waals surface area contributed by atoms with Crippen LogP contribution in [-0.2, 0) is 0 Å². The van der Waals surface area contributed by atoms with Crippen LogP contribution < -0.4 is 5.32 Å². The maximum atomic E-state index is 8.78. The van der Waals surface area contributed by atoms with Gasteiger partial charge in [-0.25, -0.2) is 4.98 Å². The van der Waals surface area contributed by atoms with Crippen molar-refractivity contribution in [3.63, 3.8) is 0 Å². The van der Waals surface area contributed by atoms with Crippen LogP contribution in [0.2, 0.25) is 0 Å². The number of aryl methyl sites for hydroxylation is 1. The van der Waals surface area contributed by atoms with E-state index in [1.165, 1.54) is 27.7 Å². The number of nitrogens with zero attached hydrogens (tertiary/aromatic N) is 2. The SMILES string of the molecule is Cc1ccc2cc(Nc3ncc(C#N)s3)ccc2c1. The first-order valence-electron chi connectivity index (χ1n) is 5.88. The lowest BCUT2D eigenvalue weighted by Gasteiger charge is -2.05. The average molecular weight is 265 g/mol. The van der Waals surface area contributed by atoms with Crippen molar-refractivity contribution in [3.8, 4) is 6.07 Å². The van der Waals surface area contributed by atoms with Gasteiger partial charge in [-0.1, -0.05) is 41.2 Å². The molecule has 1 heterocycles. The lowest BCUT2D eigenvalue weighted by atomic mass is 10.1. The lowest BCUT2D eigenvalue weighted by molar-refractivity contribution is 1.38. The molecule has 0 amide bonds. The average Bonchev–Trinajstić information content (AvgIpc) is 2.86.